The number of thiazole rings is 1. The highest BCUT2D eigenvalue weighted by Crippen LogP contribution is 2.34. The van der Waals surface area contributed by atoms with E-state index < -0.39 is 83.2 Å². The van der Waals surface area contributed by atoms with Crippen LogP contribution < -0.4 is 32.7 Å². The molecule has 1 aliphatic rings. The Morgan fingerprint density at radius 3 is 2.04 bits per heavy atom. The number of ether oxygens (including phenoxy) is 3. The third kappa shape index (κ3) is 24.7. The van der Waals surface area contributed by atoms with Gasteiger partial charge in [-0.25, -0.2) is 14.6 Å². The number of aromatic nitrogens is 1. The summed E-state index contributed by atoms with van der Waals surface area (Å²) in [5, 5.41) is 13.7. The number of nitrogens with two attached hydrogens (primary N) is 2. The molecular formula is C71H109N9O13S. The molecule has 0 spiro atoms. The maximum absolute atomic E-state index is 14.8. The van der Waals surface area contributed by atoms with Crippen molar-refractivity contribution in [1.82, 2.24) is 30.7 Å². The van der Waals surface area contributed by atoms with Crippen LogP contribution in [0.4, 0.5) is 15.3 Å². The predicted molar refractivity (Wildman–Crippen MR) is 364 cm³/mol. The Bertz CT molecular complexity index is 2910. The van der Waals surface area contributed by atoms with Gasteiger partial charge >= 0.3 is 12.1 Å². The summed E-state index contributed by atoms with van der Waals surface area (Å²) in [4.78, 5) is 145. The summed E-state index contributed by atoms with van der Waals surface area (Å²) in [6.45, 7) is 18.9. The van der Waals surface area contributed by atoms with E-state index in [1.165, 1.54) is 18.4 Å². The van der Waals surface area contributed by atoms with Crippen LogP contribution in [0.1, 0.15) is 181 Å². The molecule has 0 aliphatic carbocycles. The van der Waals surface area contributed by atoms with Gasteiger partial charge in [-0.1, -0.05) is 111 Å². The van der Waals surface area contributed by atoms with Crippen molar-refractivity contribution < 1.29 is 62.2 Å². The van der Waals surface area contributed by atoms with E-state index >= 15 is 0 Å². The standard InChI is InChI=1S/C71H109N9O13S/c1-14-46(7)63(59(91-12)42-61(85)80-35-22-27-56(80)64(92-13)47(8)57(82)40-52(67-74-34-36-94-67)37-48-23-17-16-18-24-48)79(11)68(88)55(44(3)4)41-60(84)71(9,10)78-70(90)93-43-49-28-30-53(31-29-49)76-65(86)51(26-21-33-75-69(73)89)39-58(83)62(45(5)6)77-66(87)50(25-19-20-32-72)38-54(81)15-2/h16-18,23-24,28-31,34,36,44-47,50-52,55-56,59,62-64H,14-15,19-22,25-27,32-33,35,37-43,72H2,1-13H3,(H,76,86)(H,77,87)(H,78,90)(H3,73,75,89)/t46-,47-,50+,51+,52+,55-,56-,59+,62-,63-,64+/m0/s1. The van der Waals surface area contributed by atoms with Crippen LogP contribution in [0.15, 0.2) is 66.2 Å². The smallest absolute Gasteiger partial charge is 0.408 e. The number of nitrogens with one attached hydrogen (secondary N) is 4. The maximum atomic E-state index is 14.8. The highest BCUT2D eigenvalue weighted by Gasteiger charge is 2.44. The van der Waals surface area contributed by atoms with Gasteiger partial charge in [-0.2, -0.15) is 0 Å². The number of carbonyl (C=O) groups excluding carboxylic acids is 10. The second-order valence-corrected chi connectivity index (χ2v) is 27.5. The van der Waals surface area contributed by atoms with E-state index in [4.69, 9.17) is 25.7 Å². The molecule has 0 saturated carbocycles. The monoisotopic (exact) mass is 1330 g/mol. The molecule has 1 saturated heterocycles. The zero-order chi connectivity index (χ0) is 69.8. The lowest BCUT2D eigenvalue weighted by Crippen LogP contribution is -2.55. The summed E-state index contributed by atoms with van der Waals surface area (Å²) in [6, 6.07) is 13.9. The molecule has 522 valence electrons. The molecule has 4 rings (SSSR count). The lowest BCUT2D eigenvalue weighted by atomic mass is 9.83. The average molecular weight is 1330 g/mol. The van der Waals surface area contributed by atoms with Crippen molar-refractivity contribution in [2.45, 2.75) is 214 Å². The molecule has 1 fully saturated rings. The van der Waals surface area contributed by atoms with E-state index in [9.17, 15) is 47.9 Å². The van der Waals surface area contributed by atoms with E-state index in [1.807, 2.05) is 63.1 Å². The number of hydrogen-bond donors (Lipinski definition) is 6. The molecule has 23 heteroatoms. The van der Waals surface area contributed by atoms with Gasteiger partial charge in [0, 0.05) is 113 Å². The van der Waals surface area contributed by atoms with Gasteiger partial charge in [-0.05, 0) is 106 Å². The molecule has 22 nitrogen and oxygen atoms in total. The number of ketones is 4. The van der Waals surface area contributed by atoms with E-state index in [0.29, 0.717) is 69.3 Å². The Kier molecular flexibility index (Phi) is 33.7. The highest BCUT2D eigenvalue weighted by atomic mass is 32.1. The Labute approximate surface area is 561 Å². The number of Topliss-reactive ketones (excluding diaryl/α,β-unsaturated/α-hetero) is 4. The number of unbranched alkanes of at least 4 members (excludes halogenated alkanes) is 1. The fourth-order valence-electron chi connectivity index (χ4n) is 12.5. The number of rotatable bonds is 43. The molecule has 1 aromatic heterocycles. The van der Waals surface area contributed by atoms with E-state index in [1.54, 1.807) is 84.1 Å². The topological polar surface area (TPSA) is 318 Å². The molecule has 0 unspecified atom stereocenters. The number of nitrogens with zero attached hydrogens (tertiary/aromatic N) is 3. The molecule has 0 bridgehead atoms. The Balaban J connectivity index is 1.38. The minimum Gasteiger partial charge on any atom is -0.445 e. The first-order chi connectivity index (χ1) is 44.6. The first kappa shape index (κ1) is 79.5. The van der Waals surface area contributed by atoms with Crippen LogP contribution in [0.2, 0.25) is 0 Å². The van der Waals surface area contributed by atoms with E-state index in [2.05, 4.69) is 38.4 Å². The predicted octanol–water partition coefficient (Wildman–Crippen LogP) is 9.50. The number of benzene rings is 2. The molecule has 11 atom stereocenters. The number of alkyl carbamates (subject to hydrolysis) is 1. The summed E-state index contributed by atoms with van der Waals surface area (Å²) < 4.78 is 17.8. The van der Waals surface area contributed by atoms with Gasteiger partial charge in [0.15, 0.2) is 11.6 Å². The first-order valence-electron chi connectivity index (χ1n) is 33.6. The molecule has 94 heavy (non-hydrogen) atoms. The number of urea groups is 1. The van der Waals surface area contributed by atoms with Crippen LogP contribution in [0.3, 0.4) is 0 Å². The summed E-state index contributed by atoms with van der Waals surface area (Å²) >= 11 is 1.54. The van der Waals surface area contributed by atoms with Crippen molar-refractivity contribution in [2.24, 2.45) is 52.9 Å². The zero-order valence-electron chi connectivity index (χ0n) is 58.0. The SMILES string of the molecule is CCC(=O)C[C@@H](CCCCN)C(=O)N[C@H](C(=O)C[C@@H](CCCNC(N)=O)C(=O)Nc1ccc(COC(=O)NC(C)(C)C(=O)C[C@H](C(=O)N(C)[C@@H]([C@@H](C)CC)[C@@H](CC(=O)N2CCC[C@H]2[C@H](OC)[C@@H](C)C(=O)C[C@@H](Cc2ccccc2)c2nccs2)OC)C(C)C)cc1)C(C)C. The van der Waals surface area contributed by atoms with Gasteiger partial charge in [-0.15, -0.1) is 11.3 Å². The minimum absolute atomic E-state index is 0.0356. The minimum atomic E-state index is -1.47. The Hall–Kier alpha value is -6.95. The Morgan fingerprint density at radius 1 is 0.787 bits per heavy atom. The largest absolute Gasteiger partial charge is 0.445 e. The summed E-state index contributed by atoms with van der Waals surface area (Å²) in [5.74, 6) is -5.86. The summed E-state index contributed by atoms with van der Waals surface area (Å²) in [6.07, 6.45) is 4.72. The number of amides is 7. The second-order valence-electron chi connectivity index (χ2n) is 26.6. The van der Waals surface area contributed by atoms with Crippen LogP contribution in [0.25, 0.3) is 0 Å². The summed E-state index contributed by atoms with van der Waals surface area (Å²) in [5.41, 5.74) is 11.5. The van der Waals surface area contributed by atoms with Crippen LogP contribution >= 0.6 is 11.3 Å². The van der Waals surface area contributed by atoms with Crippen molar-refractivity contribution >= 4 is 75.9 Å². The molecule has 2 aromatic carbocycles. The average Bonchev–Trinajstić information content (AvgIpc) is 1.47. The van der Waals surface area contributed by atoms with Gasteiger partial charge < -0.3 is 56.7 Å². The quantitative estimate of drug-likeness (QED) is 0.0287. The number of likely N-dealkylation sites (N-methyl/N-ethyl adjacent to an activating group) is 1. The van der Waals surface area contributed by atoms with Gasteiger partial charge in [0.1, 0.15) is 18.2 Å². The van der Waals surface area contributed by atoms with Crippen molar-refractivity contribution in [2.75, 3.05) is 46.2 Å². The van der Waals surface area contributed by atoms with Crippen LogP contribution in [0, 0.1) is 41.4 Å². The normalized spacial score (nSPS) is 16.5. The molecular weight excluding hydrogens is 1220 g/mol. The maximum Gasteiger partial charge on any atom is 0.408 e. The van der Waals surface area contributed by atoms with E-state index in [-0.39, 0.29) is 117 Å². The molecule has 8 N–H and O–H groups in total. The van der Waals surface area contributed by atoms with Crippen LogP contribution in [0.5, 0.6) is 0 Å². The number of likely N-dealkylation sites (tertiary alicyclic amines) is 1. The fraction of sp³-hybridized carbons (Fsp3) is 0.648. The van der Waals surface area contributed by atoms with E-state index in [0.717, 1.165) is 17.0 Å². The van der Waals surface area contributed by atoms with Gasteiger partial charge in [0.2, 0.25) is 23.6 Å². The number of hydrogen-bond acceptors (Lipinski definition) is 16. The third-order valence-corrected chi connectivity index (χ3v) is 19.5. The van der Waals surface area contributed by atoms with Crippen LogP contribution in [-0.2, 0) is 65.6 Å². The number of primary amides is 1. The lowest BCUT2D eigenvalue weighted by molar-refractivity contribution is -0.149. The van der Waals surface area contributed by atoms with Gasteiger partial charge in [0.25, 0.3) is 0 Å². The molecule has 3 aromatic rings. The van der Waals surface area contributed by atoms with Crippen LogP contribution in [-0.4, -0.2) is 150 Å². The number of anilines is 1. The molecule has 2 heterocycles. The molecule has 7 amide bonds. The van der Waals surface area contributed by atoms with Gasteiger partial charge in [0.05, 0.1) is 47.3 Å². The molecule has 1 aliphatic heterocycles. The Morgan fingerprint density at radius 2 is 1.46 bits per heavy atom. The number of methoxy groups -OCH3 is 2. The second kappa shape index (κ2) is 39.8. The third-order valence-electron chi connectivity index (χ3n) is 18.6. The highest BCUT2D eigenvalue weighted by molar-refractivity contribution is 7.09. The van der Waals surface area contributed by atoms with Gasteiger partial charge in [-0.3, -0.25) is 38.4 Å². The summed E-state index contributed by atoms with van der Waals surface area (Å²) in [7, 11) is 4.81. The lowest BCUT2D eigenvalue weighted by Gasteiger charge is -2.41. The fourth-order valence-corrected chi connectivity index (χ4v) is 13.3. The van der Waals surface area contributed by atoms with Crippen molar-refractivity contribution in [3.8, 4) is 0 Å². The van der Waals surface area contributed by atoms with Crippen molar-refractivity contribution in [3.05, 3.63) is 82.3 Å². The molecule has 0 radical (unpaired) electrons. The van der Waals surface area contributed by atoms with Crippen molar-refractivity contribution in [3.63, 3.8) is 0 Å². The first-order valence-corrected chi connectivity index (χ1v) is 34.5. The zero-order valence-corrected chi connectivity index (χ0v) is 58.8. The van der Waals surface area contributed by atoms with Crippen molar-refractivity contribution in [1.29, 1.82) is 0 Å². The number of carbonyl (C=O) groups is 10.